The van der Waals surface area contributed by atoms with Crippen LogP contribution in [-0.2, 0) is 15.1 Å². The summed E-state index contributed by atoms with van der Waals surface area (Å²) < 4.78 is 15.1. The fraction of sp³-hybridized carbons (Fsp3) is 0.391. The van der Waals surface area contributed by atoms with Gasteiger partial charge in [-0.1, -0.05) is 0 Å². The molecule has 1 aliphatic rings. The maximum atomic E-state index is 13.0. The van der Waals surface area contributed by atoms with Crippen LogP contribution in [0.1, 0.15) is 30.7 Å². The van der Waals surface area contributed by atoms with E-state index in [1.54, 1.807) is 7.11 Å². The molecule has 1 amide bonds. The number of anilines is 1. The zero-order valence-electron chi connectivity index (χ0n) is 17.7. The van der Waals surface area contributed by atoms with Gasteiger partial charge in [0.2, 0.25) is 5.91 Å². The second kappa shape index (κ2) is 8.36. The minimum Gasteiger partial charge on any atom is -0.494 e. The van der Waals surface area contributed by atoms with Crippen molar-refractivity contribution in [1.82, 2.24) is 14.3 Å². The molecule has 30 heavy (non-hydrogen) atoms. The number of carbonyl (C=O) groups excluding carboxylic acids is 1. The second-order valence-corrected chi connectivity index (χ2v) is 7.88. The number of carbonyl (C=O) groups is 1. The van der Waals surface area contributed by atoms with E-state index in [0.717, 1.165) is 29.9 Å². The van der Waals surface area contributed by atoms with Gasteiger partial charge in [0.15, 0.2) is 0 Å². The minimum atomic E-state index is -0.250. The molecule has 0 atom stereocenters. The highest BCUT2D eigenvalue weighted by molar-refractivity contribution is 5.91. The number of nitrogens with zero attached hydrogens (tertiary/aromatic N) is 3. The van der Waals surface area contributed by atoms with Gasteiger partial charge in [-0.15, -0.1) is 0 Å². The molecule has 3 heterocycles. The van der Waals surface area contributed by atoms with Gasteiger partial charge in [0.05, 0.1) is 24.8 Å². The van der Waals surface area contributed by atoms with E-state index in [4.69, 9.17) is 9.47 Å². The Labute approximate surface area is 176 Å². The third kappa shape index (κ3) is 3.98. The molecule has 2 aromatic heterocycles. The number of hydrogen-bond acceptors (Lipinski definition) is 4. The van der Waals surface area contributed by atoms with E-state index in [1.807, 2.05) is 67.3 Å². The van der Waals surface area contributed by atoms with E-state index in [-0.39, 0.29) is 11.4 Å². The van der Waals surface area contributed by atoms with E-state index in [1.165, 1.54) is 0 Å². The number of rotatable bonds is 6. The van der Waals surface area contributed by atoms with Crippen LogP contribution in [0.4, 0.5) is 5.69 Å². The quantitative estimate of drug-likeness (QED) is 0.673. The summed E-state index contributed by atoms with van der Waals surface area (Å²) in [6, 6.07) is 11.7. The normalized spacial score (nSPS) is 15.7. The van der Waals surface area contributed by atoms with Crippen molar-refractivity contribution in [2.45, 2.75) is 38.6 Å². The molecule has 0 aliphatic carbocycles. The molecule has 7 heteroatoms. The average molecular weight is 409 g/mol. The van der Waals surface area contributed by atoms with Gasteiger partial charge in [-0.3, -0.25) is 4.79 Å². The first-order valence-corrected chi connectivity index (χ1v) is 10.2. The highest BCUT2D eigenvalue weighted by Gasteiger charge is 2.36. The Bertz CT molecular complexity index is 1020. The molecular formula is C23H28N4O3. The Balaban J connectivity index is 1.53. The molecule has 1 aliphatic heterocycles. The van der Waals surface area contributed by atoms with E-state index < -0.39 is 0 Å². The highest BCUT2D eigenvalue weighted by atomic mass is 16.5. The van der Waals surface area contributed by atoms with Crippen LogP contribution in [0, 0.1) is 13.8 Å². The Morgan fingerprint density at radius 2 is 1.93 bits per heavy atom. The van der Waals surface area contributed by atoms with Crippen LogP contribution in [0.2, 0.25) is 0 Å². The SMILES string of the molecule is COc1cc(NC(=O)CC2(n3cccc3)CCOCC2)ccc1-n1nc(C)cc1C. The molecule has 1 saturated heterocycles. The smallest absolute Gasteiger partial charge is 0.226 e. The zero-order chi connectivity index (χ0) is 21.1. The third-order valence-electron chi connectivity index (χ3n) is 5.77. The van der Waals surface area contributed by atoms with Gasteiger partial charge in [-0.2, -0.15) is 5.10 Å². The standard InChI is InChI=1S/C23H28N4O3/c1-17-14-18(2)27(25-17)20-7-6-19(15-21(20)29-3)24-22(28)16-23(8-12-30-13-9-23)26-10-4-5-11-26/h4-7,10-11,14-15H,8-9,12-13,16H2,1-3H3,(H,24,28). The van der Waals surface area contributed by atoms with Crippen LogP contribution in [0.3, 0.4) is 0 Å². The second-order valence-electron chi connectivity index (χ2n) is 7.88. The van der Waals surface area contributed by atoms with Crippen LogP contribution in [0.15, 0.2) is 48.8 Å². The van der Waals surface area contributed by atoms with E-state index >= 15 is 0 Å². The number of amides is 1. The van der Waals surface area contributed by atoms with Gasteiger partial charge in [0.25, 0.3) is 0 Å². The topological polar surface area (TPSA) is 70.3 Å². The molecule has 1 N–H and O–H groups in total. The molecule has 1 fully saturated rings. The average Bonchev–Trinajstić information content (AvgIpc) is 3.38. The first kappa shape index (κ1) is 20.2. The van der Waals surface area contributed by atoms with Crippen molar-refractivity contribution in [2.75, 3.05) is 25.6 Å². The first-order valence-electron chi connectivity index (χ1n) is 10.2. The number of ether oxygens (including phenoxy) is 2. The van der Waals surface area contributed by atoms with Gasteiger partial charge in [0, 0.05) is 43.1 Å². The predicted molar refractivity (Wildman–Crippen MR) is 115 cm³/mol. The van der Waals surface area contributed by atoms with Crippen molar-refractivity contribution < 1.29 is 14.3 Å². The molecular weight excluding hydrogens is 380 g/mol. The lowest BCUT2D eigenvalue weighted by Gasteiger charge is -2.38. The summed E-state index contributed by atoms with van der Waals surface area (Å²) >= 11 is 0. The highest BCUT2D eigenvalue weighted by Crippen LogP contribution is 2.34. The van der Waals surface area contributed by atoms with Crippen molar-refractivity contribution in [1.29, 1.82) is 0 Å². The summed E-state index contributed by atoms with van der Waals surface area (Å²) in [6.07, 6.45) is 6.09. The summed E-state index contributed by atoms with van der Waals surface area (Å²) in [5.74, 6) is 0.636. The Hall–Kier alpha value is -3.06. The van der Waals surface area contributed by atoms with Crippen molar-refractivity contribution in [3.63, 3.8) is 0 Å². The monoisotopic (exact) mass is 408 g/mol. The summed E-state index contributed by atoms with van der Waals surface area (Å²) in [5.41, 5.74) is 3.26. The maximum Gasteiger partial charge on any atom is 0.226 e. The van der Waals surface area contributed by atoms with Crippen LogP contribution in [-0.4, -0.2) is 40.6 Å². The van der Waals surface area contributed by atoms with Gasteiger partial charge < -0.3 is 19.4 Å². The number of benzene rings is 1. The van der Waals surface area contributed by atoms with Crippen LogP contribution >= 0.6 is 0 Å². The molecule has 158 valence electrons. The first-order chi connectivity index (χ1) is 14.5. The lowest BCUT2D eigenvalue weighted by atomic mass is 9.86. The zero-order valence-corrected chi connectivity index (χ0v) is 17.7. The molecule has 0 spiro atoms. The van der Waals surface area contributed by atoms with Gasteiger partial charge >= 0.3 is 0 Å². The number of aromatic nitrogens is 3. The third-order valence-corrected chi connectivity index (χ3v) is 5.77. The van der Waals surface area contributed by atoms with Crippen molar-refractivity contribution in [3.05, 3.63) is 60.2 Å². The maximum absolute atomic E-state index is 13.0. The Kier molecular flexibility index (Phi) is 5.63. The summed E-state index contributed by atoms with van der Waals surface area (Å²) in [5, 5.41) is 7.58. The number of methoxy groups -OCH3 is 1. The predicted octanol–water partition coefficient (Wildman–Crippen LogP) is 3.83. The number of aryl methyl sites for hydroxylation is 2. The van der Waals surface area contributed by atoms with Gasteiger partial charge in [-0.05, 0) is 57.0 Å². The molecule has 0 bridgehead atoms. The van der Waals surface area contributed by atoms with Gasteiger partial charge in [-0.25, -0.2) is 4.68 Å². The molecule has 7 nitrogen and oxygen atoms in total. The number of hydrogen-bond donors (Lipinski definition) is 1. The molecule has 0 unspecified atom stereocenters. The fourth-order valence-electron chi connectivity index (χ4n) is 4.24. The number of nitrogens with one attached hydrogen (secondary N) is 1. The molecule has 4 rings (SSSR count). The van der Waals surface area contributed by atoms with Crippen molar-refractivity contribution in [3.8, 4) is 11.4 Å². The van der Waals surface area contributed by atoms with E-state index in [2.05, 4.69) is 15.0 Å². The molecule has 0 radical (unpaired) electrons. The lowest BCUT2D eigenvalue weighted by molar-refractivity contribution is -0.119. The van der Waals surface area contributed by atoms with Crippen LogP contribution in [0.25, 0.3) is 5.69 Å². The molecule has 0 saturated carbocycles. The van der Waals surface area contributed by atoms with Crippen molar-refractivity contribution in [2.24, 2.45) is 0 Å². The summed E-state index contributed by atoms with van der Waals surface area (Å²) in [4.78, 5) is 13.0. The molecule has 3 aromatic rings. The summed E-state index contributed by atoms with van der Waals surface area (Å²) in [6.45, 7) is 5.29. The lowest BCUT2D eigenvalue weighted by Crippen LogP contribution is -2.42. The Morgan fingerprint density at radius 3 is 2.57 bits per heavy atom. The molecule has 1 aromatic carbocycles. The summed E-state index contributed by atoms with van der Waals surface area (Å²) in [7, 11) is 1.62. The van der Waals surface area contributed by atoms with Crippen LogP contribution in [0.5, 0.6) is 5.75 Å². The van der Waals surface area contributed by atoms with Crippen LogP contribution < -0.4 is 10.1 Å². The largest absolute Gasteiger partial charge is 0.494 e. The fourth-order valence-corrected chi connectivity index (χ4v) is 4.24. The van der Waals surface area contributed by atoms with E-state index in [0.29, 0.717) is 31.1 Å². The minimum absolute atomic E-state index is 0.0217. The van der Waals surface area contributed by atoms with Gasteiger partial charge in [0.1, 0.15) is 11.4 Å². The van der Waals surface area contributed by atoms with E-state index in [9.17, 15) is 4.79 Å². The Morgan fingerprint density at radius 1 is 1.20 bits per heavy atom. The van der Waals surface area contributed by atoms with Crippen molar-refractivity contribution >= 4 is 11.6 Å².